The Morgan fingerprint density at radius 1 is 0.970 bits per heavy atom. The zero-order valence-corrected chi connectivity index (χ0v) is 21.4. The summed E-state index contributed by atoms with van der Waals surface area (Å²) in [5.41, 5.74) is 2.16. The first-order valence-electron chi connectivity index (χ1n) is 12.1. The molecule has 0 saturated carbocycles. The average molecular weight is 514 g/mol. The number of carbonyl (C=O) groups excluding carboxylic acids is 1. The molecule has 2 heterocycles. The van der Waals surface area contributed by atoms with Gasteiger partial charge in [-0.3, -0.25) is 0 Å². The van der Waals surface area contributed by atoms with Gasteiger partial charge in [-0.1, -0.05) is 18.2 Å². The van der Waals surface area contributed by atoms with Crippen LogP contribution in [0.4, 0.5) is 5.69 Å². The Morgan fingerprint density at radius 2 is 1.64 bits per heavy atom. The SMILES string of the molecule is CCN1CCC(CN(C(=O)[C@@H]2CCN(Cc3ccccc3)C2)c2ccc([As](O)O)cc2)CC1. The topological polar surface area (TPSA) is 67.2 Å². The number of rotatable bonds is 8. The number of hydrogen-bond acceptors (Lipinski definition) is 5. The molecule has 2 fully saturated rings. The summed E-state index contributed by atoms with van der Waals surface area (Å²) in [6.45, 7) is 8.84. The van der Waals surface area contributed by atoms with Crippen LogP contribution < -0.4 is 9.25 Å². The number of carbonyl (C=O) groups is 1. The van der Waals surface area contributed by atoms with Gasteiger partial charge in [-0.2, -0.15) is 0 Å². The standard InChI is InChI=1S/C26H36AsN3O3/c1-2-28-15-12-22(13-16-28)19-30(25-10-8-24(9-11-25)27(32)33)26(31)23-14-17-29(20-23)18-21-6-4-3-5-7-21/h3-11,22-23,32-33H,2,12-20H2,1H3/t23-/m1/s1. The van der Waals surface area contributed by atoms with Crippen molar-refractivity contribution < 1.29 is 13.0 Å². The zero-order chi connectivity index (χ0) is 23.2. The van der Waals surface area contributed by atoms with Crippen molar-refractivity contribution in [3.05, 3.63) is 60.2 Å². The van der Waals surface area contributed by atoms with Crippen molar-refractivity contribution in [2.75, 3.05) is 44.2 Å². The molecule has 2 aromatic rings. The molecular formula is C26H36AsN3O3. The normalized spacial score (nSPS) is 20.4. The van der Waals surface area contributed by atoms with Crippen molar-refractivity contribution in [3.63, 3.8) is 0 Å². The molecule has 0 bridgehead atoms. The maximum atomic E-state index is 13.8. The molecule has 0 radical (unpaired) electrons. The van der Waals surface area contributed by atoms with E-state index in [0.717, 1.165) is 70.8 Å². The molecule has 178 valence electrons. The van der Waals surface area contributed by atoms with Crippen LogP contribution in [0.5, 0.6) is 0 Å². The monoisotopic (exact) mass is 513 g/mol. The second-order valence-electron chi connectivity index (χ2n) is 9.34. The van der Waals surface area contributed by atoms with E-state index in [1.165, 1.54) is 5.56 Å². The van der Waals surface area contributed by atoms with Crippen molar-refractivity contribution in [2.24, 2.45) is 11.8 Å². The van der Waals surface area contributed by atoms with E-state index in [-0.39, 0.29) is 11.8 Å². The van der Waals surface area contributed by atoms with Crippen molar-refractivity contribution in [3.8, 4) is 0 Å². The Morgan fingerprint density at radius 3 is 2.27 bits per heavy atom. The predicted molar refractivity (Wildman–Crippen MR) is 133 cm³/mol. The van der Waals surface area contributed by atoms with Gasteiger partial charge in [0.05, 0.1) is 0 Å². The molecule has 0 unspecified atom stereocenters. The molecule has 2 aliphatic rings. The van der Waals surface area contributed by atoms with Crippen molar-refractivity contribution >= 4 is 31.3 Å². The van der Waals surface area contributed by atoms with Crippen LogP contribution in [0.1, 0.15) is 31.7 Å². The van der Waals surface area contributed by atoms with Crippen LogP contribution in [0, 0.1) is 11.8 Å². The van der Waals surface area contributed by atoms with E-state index in [1.54, 1.807) is 12.1 Å². The van der Waals surface area contributed by atoms with Crippen LogP contribution in [0.15, 0.2) is 54.6 Å². The van der Waals surface area contributed by atoms with Crippen molar-refractivity contribution in [1.29, 1.82) is 0 Å². The number of likely N-dealkylation sites (tertiary alicyclic amines) is 2. The minimum atomic E-state index is -2.90. The van der Waals surface area contributed by atoms with Crippen molar-refractivity contribution in [2.45, 2.75) is 32.7 Å². The van der Waals surface area contributed by atoms with Gasteiger partial charge in [0.2, 0.25) is 0 Å². The fraction of sp³-hybridized carbons (Fsp3) is 0.500. The van der Waals surface area contributed by atoms with Crippen LogP contribution in [0.25, 0.3) is 0 Å². The quantitative estimate of drug-likeness (QED) is 0.529. The van der Waals surface area contributed by atoms with Gasteiger partial charge in [-0.15, -0.1) is 0 Å². The molecule has 2 saturated heterocycles. The van der Waals surface area contributed by atoms with E-state index in [9.17, 15) is 13.0 Å². The van der Waals surface area contributed by atoms with Gasteiger partial charge >= 0.3 is 185 Å². The molecule has 2 aromatic carbocycles. The molecule has 0 aliphatic carbocycles. The summed E-state index contributed by atoms with van der Waals surface area (Å²) in [6, 6.07) is 17.8. The van der Waals surface area contributed by atoms with E-state index in [2.05, 4.69) is 41.0 Å². The Labute approximate surface area is 202 Å². The molecule has 2 aliphatic heterocycles. The van der Waals surface area contributed by atoms with E-state index in [1.807, 2.05) is 23.1 Å². The summed E-state index contributed by atoms with van der Waals surface area (Å²) in [5.74, 6) is 0.706. The number of benzene rings is 2. The maximum absolute atomic E-state index is 13.8. The average Bonchev–Trinajstić information content (AvgIpc) is 3.31. The second-order valence-corrected chi connectivity index (χ2v) is 11.6. The van der Waals surface area contributed by atoms with Crippen LogP contribution in [-0.2, 0) is 11.3 Å². The molecule has 0 spiro atoms. The van der Waals surface area contributed by atoms with Crippen LogP contribution in [-0.4, -0.2) is 78.5 Å². The van der Waals surface area contributed by atoms with Gasteiger partial charge in [0.25, 0.3) is 0 Å². The summed E-state index contributed by atoms with van der Waals surface area (Å²) in [6.07, 6.45) is 3.11. The minimum absolute atomic E-state index is 0.00222. The second kappa shape index (κ2) is 11.6. The molecule has 6 nitrogen and oxygen atoms in total. The van der Waals surface area contributed by atoms with E-state index in [0.29, 0.717) is 10.3 Å². The number of amides is 1. The first kappa shape index (κ1) is 24.4. The van der Waals surface area contributed by atoms with Gasteiger partial charge in [0.15, 0.2) is 0 Å². The summed E-state index contributed by atoms with van der Waals surface area (Å²) < 4.78 is 19.8. The molecule has 0 aromatic heterocycles. The summed E-state index contributed by atoms with van der Waals surface area (Å²) in [4.78, 5) is 20.6. The van der Waals surface area contributed by atoms with Crippen LogP contribution in [0.3, 0.4) is 0 Å². The van der Waals surface area contributed by atoms with Gasteiger partial charge in [-0.05, 0) is 0 Å². The summed E-state index contributed by atoms with van der Waals surface area (Å²) in [7, 11) is 0. The van der Waals surface area contributed by atoms with E-state index >= 15 is 0 Å². The summed E-state index contributed by atoms with van der Waals surface area (Å²) in [5, 5.41) is 0. The molecule has 1 atom stereocenters. The molecule has 2 N–H and O–H groups in total. The van der Waals surface area contributed by atoms with E-state index < -0.39 is 15.3 Å². The van der Waals surface area contributed by atoms with Gasteiger partial charge in [-0.25, -0.2) is 0 Å². The van der Waals surface area contributed by atoms with E-state index in [4.69, 9.17) is 0 Å². The number of nitrogens with zero attached hydrogens (tertiary/aromatic N) is 3. The predicted octanol–water partition coefficient (Wildman–Crippen LogP) is 1.95. The number of hydrogen-bond donors (Lipinski definition) is 2. The molecule has 7 heteroatoms. The van der Waals surface area contributed by atoms with Crippen LogP contribution in [0.2, 0.25) is 0 Å². The van der Waals surface area contributed by atoms with Gasteiger partial charge < -0.3 is 0 Å². The first-order chi connectivity index (χ1) is 16.0. The van der Waals surface area contributed by atoms with Gasteiger partial charge in [0, 0.05) is 0 Å². The fourth-order valence-electron chi connectivity index (χ4n) is 5.07. The number of anilines is 1. The first-order valence-corrected chi connectivity index (χ1v) is 14.7. The fourth-order valence-corrected chi connectivity index (χ4v) is 5.94. The molecule has 33 heavy (non-hydrogen) atoms. The Hall–Kier alpha value is -1.69. The van der Waals surface area contributed by atoms with Crippen molar-refractivity contribution in [1.82, 2.24) is 9.80 Å². The number of piperidine rings is 1. The molecule has 4 rings (SSSR count). The van der Waals surface area contributed by atoms with Gasteiger partial charge in [0.1, 0.15) is 0 Å². The third-order valence-electron chi connectivity index (χ3n) is 7.12. The molecule has 1 amide bonds. The van der Waals surface area contributed by atoms with Crippen LogP contribution >= 0.6 is 0 Å². The Kier molecular flexibility index (Phi) is 8.61. The summed E-state index contributed by atoms with van der Waals surface area (Å²) >= 11 is -2.90. The zero-order valence-electron chi connectivity index (χ0n) is 19.5. The third-order valence-corrected chi connectivity index (χ3v) is 8.72. The molecular weight excluding hydrogens is 477 g/mol. The third kappa shape index (κ3) is 6.46. The Bertz CT molecular complexity index is 885. The Balaban J connectivity index is 1.45.